The fourth-order valence-corrected chi connectivity index (χ4v) is 5.16. The smallest absolute Gasteiger partial charge is 0.294 e. The van der Waals surface area contributed by atoms with E-state index in [1.165, 1.54) is 12.1 Å². The molecule has 3 rings (SSSR count). The Kier molecular flexibility index (Phi) is 9.08. The second kappa shape index (κ2) is 11.7. The fraction of sp³-hybridized carbons (Fsp3) is 0.238. The van der Waals surface area contributed by atoms with E-state index in [0.29, 0.717) is 12.2 Å². The van der Waals surface area contributed by atoms with Crippen LogP contribution < -0.4 is 4.90 Å². The zero-order chi connectivity index (χ0) is 28.3. The van der Waals surface area contributed by atoms with E-state index in [2.05, 4.69) is 15.3 Å². The van der Waals surface area contributed by atoms with Gasteiger partial charge in [0.1, 0.15) is 23.0 Å². The molecule has 17 heteroatoms. The summed E-state index contributed by atoms with van der Waals surface area (Å²) in [5.41, 5.74) is 0.112. The van der Waals surface area contributed by atoms with Crippen LogP contribution in [0.4, 0.5) is 21.6 Å². The molecule has 2 N–H and O–H groups in total. The Bertz CT molecular complexity index is 1630. The zero-order valence-corrected chi connectivity index (χ0v) is 22.6. The highest BCUT2D eigenvalue weighted by Gasteiger charge is 2.21. The fourth-order valence-electron chi connectivity index (χ4n) is 3.36. The van der Waals surface area contributed by atoms with Gasteiger partial charge in [0.15, 0.2) is 11.6 Å². The maximum Gasteiger partial charge on any atom is 0.294 e. The number of azo groups is 1. The van der Waals surface area contributed by atoms with Crippen molar-refractivity contribution in [1.29, 1.82) is 5.26 Å². The summed E-state index contributed by atoms with van der Waals surface area (Å²) in [7, 11) is -8.72. The Labute approximate surface area is 227 Å². The van der Waals surface area contributed by atoms with Gasteiger partial charge < -0.3 is 4.90 Å². The third-order valence-corrected chi connectivity index (χ3v) is 7.34. The molecule has 0 aliphatic rings. The van der Waals surface area contributed by atoms with Crippen LogP contribution in [0.25, 0.3) is 5.69 Å². The Balaban J connectivity index is 1.94. The summed E-state index contributed by atoms with van der Waals surface area (Å²) < 4.78 is 78.8. The molecule has 0 unspecified atom stereocenters. The van der Waals surface area contributed by atoms with Crippen molar-refractivity contribution in [3.63, 3.8) is 0 Å². The van der Waals surface area contributed by atoms with Gasteiger partial charge in [-0.3, -0.25) is 9.11 Å². The topological polar surface area (TPSA) is 178 Å². The van der Waals surface area contributed by atoms with Crippen molar-refractivity contribution < 1.29 is 30.3 Å². The molecule has 0 amide bonds. The van der Waals surface area contributed by atoms with E-state index in [1.54, 1.807) is 17.9 Å². The number of aromatic nitrogens is 2. The lowest BCUT2D eigenvalue weighted by molar-refractivity contribution is 0.479. The second-order valence-corrected chi connectivity index (χ2v) is 11.5. The van der Waals surface area contributed by atoms with Crippen LogP contribution in [0.1, 0.15) is 18.9 Å². The molecule has 0 fully saturated rings. The van der Waals surface area contributed by atoms with Crippen LogP contribution in [-0.4, -0.2) is 54.6 Å². The number of nitrogens with zero attached hydrogens (tertiary/aromatic N) is 6. The molecule has 0 atom stereocenters. The molecule has 38 heavy (non-hydrogen) atoms. The van der Waals surface area contributed by atoms with Gasteiger partial charge in [-0.25, -0.2) is 9.07 Å². The van der Waals surface area contributed by atoms with Crippen LogP contribution in [-0.2, 0) is 20.2 Å². The number of hydrogen-bond donors (Lipinski definition) is 2. The molecule has 0 spiro atoms. The Hall–Kier alpha value is -3.13. The average Bonchev–Trinajstić information content (AvgIpc) is 3.21. The molecule has 0 aliphatic heterocycles. The lowest BCUT2D eigenvalue weighted by atomic mass is 10.2. The maximum absolute atomic E-state index is 14.9. The standard InChI is InChI=1S/C21H19Cl2FN6O6S2/c1-2-29(6-3-7-37(31,32)33)14-4-5-19(18(24)8-14)27-28-21-13(11-25)12-26-30(21)20-16(22)9-15(10-17(20)23)38(34,35)36/h4-5,8-10,12H,2-3,6-7H2,1H3,(H,31,32,33)(H,34,35,36). The third-order valence-electron chi connectivity index (χ3n) is 5.13. The second-order valence-electron chi connectivity index (χ2n) is 7.67. The van der Waals surface area contributed by atoms with Crippen LogP contribution in [0, 0.1) is 17.1 Å². The summed E-state index contributed by atoms with van der Waals surface area (Å²) in [6, 6.07) is 7.76. The number of rotatable bonds is 10. The summed E-state index contributed by atoms with van der Waals surface area (Å²) in [6.07, 6.45) is 1.26. The number of halogens is 3. The van der Waals surface area contributed by atoms with Crippen LogP contribution in [0.5, 0.6) is 0 Å². The summed E-state index contributed by atoms with van der Waals surface area (Å²) in [4.78, 5) is 1.14. The molecule has 3 aromatic rings. The molecule has 2 aromatic carbocycles. The summed E-state index contributed by atoms with van der Waals surface area (Å²) in [6.45, 7) is 2.48. The monoisotopic (exact) mass is 604 g/mol. The van der Waals surface area contributed by atoms with E-state index in [4.69, 9.17) is 27.8 Å². The number of anilines is 1. The highest BCUT2D eigenvalue weighted by molar-refractivity contribution is 7.86. The van der Waals surface area contributed by atoms with Crippen LogP contribution in [0.3, 0.4) is 0 Å². The molecule has 0 saturated carbocycles. The SMILES string of the molecule is CCN(CCCS(=O)(=O)O)c1ccc(N=Nc2c(C#N)cnn2-c2c(Cl)cc(S(=O)(=O)O)cc2Cl)c(F)c1. The van der Waals surface area contributed by atoms with Crippen molar-refractivity contribution in [2.75, 3.05) is 23.7 Å². The van der Waals surface area contributed by atoms with E-state index in [-0.39, 0.29) is 45.8 Å². The van der Waals surface area contributed by atoms with E-state index in [1.807, 2.05) is 6.07 Å². The minimum Gasteiger partial charge on any atom is -0.372 e. The normalized spacial score (nSPS) is 12.1. The van der Waals surface area contributed by atoms with Crippen molar-refractivity contribution in [1.82, 2.24) is 9.78 Å². The lowest BCUT2D eigenvalue weighted by Crippen LogP contribution is -2.25. The third kappa shape index (κ3) is 7.04. The minimum atomic E-state index is -4.61. The van der Waals surface area contributed by atoms with Crippen molar-refractivity contribution in [3.05, 3.63) is 58.0 Å². The van der Waals surface area contributed by atoms with Crippen molar-refractivity contribution in [2.45, 2.75) is 18.2 Å². The Morgan fingerprint density at radius 2 is 1.79 bits per heavy atom. The molecule has 0 radical (unpaired) electrons. The zero-order valence-electron chi connectivity index (χ0n) is 19.5. The molecule has 1 heterocycles. The van der Waals surface area contributed by atoms with Gasteiger partial charge in [-0.2, -0.15) is 27.2 Å². The van der Waals surface area contributed by atoms with Gasteiger partial charge in [-0.1, -0.05) is 23.2 Å². The molecular formula is C21H19Cl2FN6O6S2. The van der Waals surface area contributed by atoms with Gasteiger partial charge in [0.2, 0.25) is 0 Å². The van der Waals surface area contributed by atoms with E-state index >= 15 is 0 Å². The Morgan fingerprint density at radius 3 is 2.32 bits per heavy atom. The predicted octanol–water partition coefficient (Wildman–Crippen LogP) is 4.96. The summed E-state index contributed by atoms with van der Waals surface area (Å²) >= 11 is 12.4. The van der Waals surface area contributed by atoms with Crippen LogP contribution in [0.15, 0.2) is 51.7 Å². The number of hydrogen-bond acceptors (Lipinski definition) is 9. The first-order valence-electron chi connectivity index (χ1n) is 10.6. The Morgan fingerprint density at radius 1 is 1.13 bits per heavy atom. The molecule has 202 valence electrons. The minimum absolute atomic E-state index is 0.0597. The van der Waals surface area contributed by atoms with Crippen molar-refractivity contribution in [2.24, 2.45) is 10.2 Å². The first-order chi connectivity index (χ1) is 17.7. The lowest BCUT2D eigenvalue weighted by Gasteiger charge is -2.23. The van der Waals surface area contributed by atoms with E-state index < -0.39 is 36.7 Å². The molecular weight excluding hydrogens is 586 g/mol. The largest absolute Gasteiger partial charge is 0.372 e. The first-order valence-corrected chi connectivity index (χ1v) is 14.4. The predicted molar refractivity (Wildman–Crippen MR) is 138 cm³/mol. The number of benzene rings is 2. The quantitative estimate of drug-likeness (QED) is 0.239. The van der Waals surface area contributed by atoms with Crippen LogP contribution in [0.2, 0.25) is 10.0 Å². The van der Waals surface area contributed by atoms with E-state index in [0.717, 1.165) is 23.0 Å². The van der Waals surface area contributed by atoms with Crippen molar-refractivity contribution >= 4 is 60.6 Å². The average molecular weight is 605 g/mol. The molecule has 1 aromatic heterocycles. The van der Waals surface area contributed by atoms with Gasteiger partial charge in [0.25, 0.3) is 20.2 Å². The molecule has 0 aliphatic carbocycles. The summed E-state index contributed by atoms with van der Waals surface area (Å²) in [5, 5.41) is 20.8. The first kappa shape index (κ1) is 29.4. The van der Waals surface area contributed by atoms with Gasteiger partial charge in [0.05, 0.1) is 26.9 Å². The van der Waals surface area contributed by atoms with Crippen molar-refractivity contribution in [3.8, 4) is 11.8 Å². The van der Waals surface area contributed by atoms with Gasteiger partial charge in [-0.15, -0.1) is 10.2 Å². The maximum atomic E-state index is 14.9. The van der Waals surface area contributed by atoms with Crippen LogP contribution >= 0.6 is 23.2 Å². The number of nitriles is 1. The van der Waals surface area contributed by atoms with Gasteiger partial charge >= 0.3 is 0 Å². The van der Waals surface area contributed by atoms with Gasteiger partial charge in [-0.05, 0) is 43.7 Å². The highest BCUT2D eigenvalue weighted by Crippen LogP contribution is 2.36. The van der Waals surface area contributed by atoms with E-state index in [9.17, 15) is 31.0 Å². The molecule has 0 bridgehead atoms. The molecule has 12 nitrogen and oxygen atoms in total. The van der Waals surface area contributed by atoms with Gasteiger partial charge in [0, 0.05) is 18.8 Å². The molecule has 0 saturated heterocycles. The highest BCUT2D eigenvalue weighted by atomic mass is 35.5. The summed E-state index contributed by atoms with van der Waals surface area (Å²) in [5.74, 6) is -1.38.